The Bertz CT molecular complexity index is 1710. The van der Waals surface area contributed by atoms with Gasteiger partial charge in [0.25, 0.3) is 0 Å². The number of halogens is 3. The quantitative estimate of drug-likeness (QED) is 0.261. The van der Waals surface area contributed by atoms with Gasteiger partial charge in [-0.3, -0.25) is 9.91 Å². The van der Waals surface area contributed by atoms with Gasteiger partial charge in [0.1, 0.15) is 0 Å². The zero-order valence-corrected chi connectivity index (χ0v) is 27.4. The molecule has 0 saturated carbocycles. The number of hydrazone groups is 1. The van der Waals surface area contributed by atoms with Crippen molar-refractivity contribution in [3.8, 4) is 11.8 Å². The number of rotatable bonds is 9. The van der Waals surface area contributed by atoms with E-state index in [1.165, 1.54) is 6.07 Å². The van der Waals surface area contributed by atoms with Crippen molar-refractivity contribution in [3.05, 3.63) is 101 Å². The van der Waals surface area contributed by atoms with Gasteiger partial charge in [-0.2, -0.15) is 18.3 Å². The van der Waals surface area contributed by atoms with Crippen LogP contribution in [0.4, 0.5) is 24.8 Å². The van der Waals surface area contributed by atoms with Crippen LogP contribution < -0.4 is 10.6 Å². The van der Waals surface area contributed by atoms with E-state index in [0.717, 1.165) is 73.8 Å². The zero-order valence-electron chi connectivity index (χ0n) is 27.4. The van der Waals surface area contributed by atoms with Crippen LogP contribution in [-0.2, 0) is 12.7 Å². The van der Waals surface area contributed by atoms with E-state index in [1.807, 2.05) is 44.1 Å². The molecule has 246 valence electrons. The van der Waals surface area contributed by atoms with Crippen LogP contribution in [0.1, 0.15) is 53.6 Å². The topological polar surface area (TPSA) is 71.9 Å². The predicted molar refractivity (Wildman–Crippen MR) is 183 cm³/mol. The largest absolute Gasteiger partial charge is 0.416 e. The van der Waals surface area contributed by atoms with Crippen molar-refractivity contribution in [1.82, 2.24) is 24.8 Å². The summed E-state index contributed by atoms with van der Waals surface area (Å²) >= 11 is 0. The van der Waals surface area contributed by atoms with Crippen molar-refractivity contribution >= 4 is 23.0 Å². The Morgan fingerprint density at radius 1 is 1.00 bits per heavy atom. The van der Waals surface area contributed by atoms with Crippen LogP contribution in [0.2, 0.25) is 0 Å². The molecule has 1 saturated heterocycles. The van der Waals surface area contributed by atoms with Crippen LogP contribution in [0.15, 0.2) is 72.2 Å². The van der Waals surface area contributed by atoms with Crippen molar-refractivity contribution in [2.24, 2.45) is 5.10 Å². The van der Waals surface area contributed by atoms with Crippen LogP contribution in [0.5, 0.6) is 0 Å². The van der Waals surface area contributed by atoms with Gasteiger partial charge in [0, 0.05) is 68.6 Å². The minimum Gasteiger partial charge on any atom is -0.356 e. The van der Waals surface area contributed by atoms with Gasteiger partial charge < -0.3 is 15.5 Å². The Morgan fingerprint density at radius 3 is 2.43 bits per heavy atom. The molecule has 5 rings (SSSR count). The third-order valence-corrected chi connectivity index (χ3v) is 8.20. The maximum Gasteiger partial charge on any atom is 0.416 e. The number of hydrogen-bond acceptors (Lipinski definition) is 8. The molecule has 0 amide bonds. The van der Waals surface area contributed by atoms with Crippen molar-refractivity contribution in [1.29, 1.82) is 0 Å². The summed E-state index contributed by atoms with van der Waals surface area (Å²) in [6.45, 7) is 15.2. The van der Waals surface area contributed by atoms with Crippen LogP contribution in [0.25, 0.3) is 5.70 Å². The third-order valence-electron chi connectivity index (χ3n) is 8.20. The lowest BCUT2D eigenvalue weighted by atomic mass is 10.0. The van der Waals surface area contributed by atoms with Crippen molar-refractivity contribution in [2.45, 2.75) is 39.9 Å². The number of aryl methyl sites for hydroxylation is 1. The first-order valence-electron chi connectivity index (χ1n) is 15.8. The molecule has 1 aromatic heterocycles. The molecule has 2 N–H and O–H groups in total. The molecule has 3 aromatic rings. The number of aromatic nitrogens is 2. The monoisotopic (exact) mass is 642 g/mol. The normalized spacial score (nSPS) is 15.8. The smallest absolute Gasteiger partial charge is 0.356 e. The van der Waals surface area contributed by atoms with Gasteiger partial charge in [-0.25, -0.2) is 9.97 Å². The lowest BCUT2D eigenvalue weighted by Crippen LogP contribution is -2.44. The minimum absolute atomic E-state index is 0.263. The fourth-order valence-electron chi connectivity index (χ4n) is 5.40. The molecule has 8 nitrogen and oxygen atoms in total. The Balaban J connectivity index is 1.25. The summed E-state index contributed by atoms with van der Waals surface area (Å²) in [6.07, 6.45) is 1.96. The zero-order chi connectivity index (χ0) is 33.6. The highest BCUT2D eigenvalue weighted by atomic mass is 19.4. The fourth-order valence-corrected chi connectivity index (χ4v) is 5.40. The minimum atomic E-state index is -4.47. The summed E-state index contributed by atoms with van der Waals surface area (Å²) in [6, 6.07) is 10.1. The molecule has 2 aliphatic rings. The summed E-state index contributed by atoms with van der Waals surface area (Å²) in [5, 5.41) is 12.9. The summed E-state index contributed by atoms with van der Waals surface area (Å²) in [7, 11) is 2.02. The Hall–Kier alpha value is -4.66. The second kappa shape index (κ2) is 14.8. The predicted octanol–water partition coefficient (Wildman–Crippen LogP) is 6.43. The number of nitrogens with zero attached hydrogens (tertiary/aromatic N) is 6. The number of piperazine rings is 1. The third kappa shape index (κ3) is 8.99. The average molecular weight is 643 g/mol. The van der Waals surface area contributed by atoms with Crippen molar-refractivity contribution in [2.75, 3.05) is 56.9 Å². The Labute approximate surface area is 275 Å². The van der Waals surface area contributed by atoms with E-state index in [4.69, 9.17) is 0 Å². The second-order valence-electron chi connectivity index (χ2n) is 12.0. The molecular weight excluding hydrogens is 601 g/mol. The van der Waals surface area contributed by atoms with Gasteiger partial charge in [0.15, 0.2) is 0 Å². The van der Waals surface area contributed by atoms with Crippen LogP contribution >= 0.6 is 0 Å². The number of hydrogen-bond donors (Lipinski definition) is 2. The summed E-state index contributed by atoms with van der Waals surface area (Å²) in [5.41, 5.74) is 5.29. The number of alkyl halides is 3. The van der Waals surface area contributed by atoms with Crippen molar-refractivity contribution < 1.29 is 13.2 Å². The molecule has 2 aromatic carbocycles. The van der Waals surface area contributed by atoms with Gasteiger partial charge >= 0.3 is 6.18 Å². The molecule has 0 bridgehead atoms. The highest BCUT2D eigenvalue weighted by molar-refractivity contribution is 6.00. The summed E-state index contributed by atoms with van der Waals surface area (Å²) in [4.78, 5) is 13.1. The molecule has 3 heterocycles. The molecular formula is C36H41F3N8. The fraction of sp³-hybridized carbons (Fsp3) is 0.361. The molecule has 2 aliphatic heterocycles. The van der Waals surface area contributed by atoms with Gasteiger partial charge in [-0.15, -0.1) is 0 Å². The van der Waals surface area contributed by atoms with E-state index in [0.29, 0.717) is 22.9 Å². The molecule has 0 spiro atoms. The average Bonchev–Trinajstić information content (AvgIpc) is 3.04. The second-order valence-corrected chi connectivity index (χ2v) is 12.0. The summed E-state index contributed by atoms with van der Waals surface area (Å²) < 4.78 is 42.3. The Morgan fingerprint density at radius 2 is 1.74 bits per heavy atom. The van der Waals surface area contributed by atoms with Crippen LogP contribution in [0, 0.1) is 18.8 Å². The van der Waals surface area contributed by atoms with Gasteiger partial charge in [0.05, 0.1) is 29.1 Å². The first-order chi connectivity index (χ1) is 22.5. The number of allylic oxidation sites excluding steroid dienone is 1. The molecule has 0 aliphatic carbocycles. The van der Waals surface area contributed by atoms with Gasteiger partial charge in [0.2, 0.25) is 5.95 Å². The van der Waals surface area contributed by atoms with Crippen LogP contribution in [-0.4, -0.2) is 76.8 Å². The van der Waals surface area contributed by atoms with Gasteiger partial charge in [-0.05, 0) is 68.3 Å². The molecule has 0 atom stereocenters. The number of anilines is 2. The molecule has 11 heteroatoms. The van der Waals surface area contributed by atoms with E-state index < -0.39 is 11.7 Å². The molecule has 0 unspecified atom stereocenters. The number of likely N-dealkylation sites (N-methyl/N-ethyl adjacent to an activating group) is 1. The maximum absolute atomic E-state index is 14.1. The van der Waals surface area contributed by atoms with E-state index in [1.54, 1.807) is 24.5 Å². The molecule has 1 fully saturated rings. The lowest BCUT2D eigenvalue weighted by molar-refractivity contribution is -0.138. The molecule has 0 radical (unpaired) electrons. The lowest BCUT2D eigenvalue weighted by Gasteiger charge is -2.33. The first-order valence-corrected chi connectivity index (χ1v) is 15.8. The SMILES string of the molecule is C=C(Nc1ccc(CN2CCN(C)CC2)c(C(F)(F)F)c1)c1ccc(C)c(C#Cc2cnc(NC3=CCN(CCC)N=C3C)nc2)c1. The first kappa shape index (κ1) is 33.7. The number of benzene rings is 2. The highest BCUT2D eigenvalue weighted by Crippen LogP contribution is 2.35. The van der Waals surface area contributed by atoms with Crippen LogP contribution in [0.3, 0.4) is 0 Å². The van der Waals surface area contributed by atoms with Crippen molar-refractivity contribution in [3.63, 3.8) is 0 Å². The van der Waals surface area contributed by atoms with E-state index in [-0.39, 0.29) is 12.1 Å². The van der Waals surface area contributed by atoms with E-state index in [2.05, 4.69) is 66.9 Å². The standard InChI is InChI=1S/C36H41F3N8/c1-6-14-47-15-13-34(27(4)44-47)43-35-40-22-28(23-41-35)8-10-29-20-30(9-7-25(29)2)26(3)42-32-12-11-31(33(21-32)36(37,38)39)24-46-18-16-45(5)17-19-46/h7,9,11-13,20-23,42H,3,6,14-19,24H2,1-2,4-5H3,(H,40,41,43). The Kier molecular flexibility index (Phi) is 10.6. The summed E-state index contributed by atoms with van der Waals surface area (Å²) in [5.74, 6) is 6.75. The highest BCUT2D eigenvalue weighted by Gasteiger charge is 2.34. The van der Waals surface area contributed by atoms with E-state index in [9.17, 15) is 13.2 Å². The van der Waals surface area contributed by atoms with E-state index >= 15 is 0 Å². The van der Waals surface area contributed by atoms with Gasteiger partial charge in [-0.1, -0.05) is 43.5 Å². The maximum atomic E-state index is 14.1. The number of nitrogens with one attached hydrogen (secondary N) is 2. The molecule has 47 heavy (non-hydrogen) atoms.